The molecule has 0 N–H and O–H groups in total. The molecule has 16 heavy (non-hydrogen) atoms. The Kier molecular flexibility index (Phi) is 3.10. The van der Waals surface area contributed by atoms with Gasteiger partial charge in [-0.05, 0) is 17.7 Å². The van der Waals surface area contributed by atoms with Crippen LogP contribution in [-0.4, -0.2) is 37.7 Å². The van der Waals surface area contributed by atoms with Crippen LogP contribution in [0, 0.1) is 0 Å². The van der Waals surface area contributed by atoms with Crippen LogP contribution in [0.3, 0.4) is 0 Å². The third kappa shape index (κ3) is 2.33. The summed E-state index contributed by atoms with van der Waals surface area (Å²) in [5.41, 5.74) is 1.17. The van der Waals surface area contributed by atoms with Crippen molar-refractivity contribution in [2.24, 2.45) is 0 Å². The topological polar surface area (TPSA) is 38.5 Å². The van der Waals surface area contributed by atoms with Crippen molar-refractivity contribution in [1.82, 2.24) is 4.90 Å². The fourth-order valence-corrected chi connectivity index (χ4v) is 1.67. The van der Waals surface area contributed by atoms with E-state index in [0.29, 0.717) is 0 Å². The molecule has 1 aromatic carbocycles. The Morgan fingerprint density at radius 3 is 2.62 bits per heavy atom. The van der Waals surface area contributed by atoms with Gasteiger partial charge in [-0.1, -0.05) is 12.1 Å². The van der Waals surface area contributed by atoms with Crippen molar-refractivity contribution in [2.75, 3.05) is 20.8 Å². The molecular weight excluding hydrogens is 206 g/mol. The van der Waals surface area contributed by atoms with E-state index in [1.54, 1.807) is 7.11 Å². The van der Waals surface area contributed by atoms with Gasteiger partial charge in [0.1, 0.15) is 11.8 Å². The van der Waals surface area contributed by atoms with Crippen LogP contribution >= 0.6 is 0 Å². The summed E-state index contributed by atoms with van der Waals surface area (Å²) < 4.78 is 9.76. The van der Waals surface area contributed by atoms with Crippen LogP contribution in [0.25, 0.3) is 0 Å². The number of methoxy groups -OCH3 is 2. The van der Waals surface area contributed by atoms with Gasteiger partial charge in [-0.3, -0.25) is 9.69 Å². The zero-order chi connectivity index (χ0) is 11.5. The van der Waals surface area contributed by atoms with E-state index in [2.05, 4.69) is 9.64 Å². The molecule has 0 radical (unpaired) electrons. The number of esters is 1. The highest BCUT2D eigenvalue weighted by molar-refractivity contribution is 5.78. The van der Waals surface area contributed by atoms with Crippen LogP contribution in [0.1, 0.15) is 5.56 Å². The minimum atomic E-state index is -0.145. The lowest BCUT2D eigenvalue weighted by atomic mass is 10.2. The number of nitrogens with zero attached hydrogens (tertiary/aromatic N) is 1. The Hall–Kier alpha value is -1.55. The van der Waals surface area contributed by atoms with E-state index >= 15 is 0 Å². The van der Waals surface area contributed by atoms with E-state index < -0.39 is 0 Å². The smallest absolute Gasteiger partial charge is 0.324 e. The van der Waals surface area contributed by atoms with Crippen molar-refractivity contribution in [3.63, 3.8) is 0 Å². The van der Waals surface area contributed by atoms with Crippen molar-refractivity contribution in [2.45, 2.75) is 12.6 Å². The second-order valence-electron chi connectivity index (χ2n) is 3.82. The number of hydrogen-bond donors (Lipinski definition) is 0. The van der Waals surface area contributed by atoms with Gasteiger partial charge in [-0.2, -0.15) is 0 Å². The van der Waals surface area contributed by atoms with Crippen molar-refractivity contribution in [3.05, 3.63) is 29.8 Å². The summed E-state index contributed by atoms with van der Waals surface area (Å²) in [5.74, 6) is 0.701. The molecule has 1 aliphatic rings. The molecule has 1 saturated heterocycles. The average Bonchev–Trinajstić information content (AvgIpc) is 3.08. The van der Waals surface area contributed by atoms with Gasteiger partial charge in [0.15, 0.2) is 0 Å². The second-order valence-corrected chi connectivity index (χ2v) is 3.82. The molecule has 4 nitrogen and oxygen atoms in total. The Balaban J connectivity index is 1.89. The zero-order valence-electron chi connectivity index (χ0n) is 9.47. The highest BCUT2D eigenvalue weighted by atomic mass is 16.5. The van der Waals surface area contributed by atoms with Crippen LogP contribution < -0.4 is 4.74 Å². The Bertz CT molecular complexity index is 374. The maximum Gasteiger partial charge on any atom is 0.324 e. The standard InChI is InChI=1S/C12H15NO3/c1-15-10-5-3-9(4-6-10)7-13-8-11(13)12(14)16-2/h3-6,11H,7-8H2,1-2H3/t11-,13?/m1/s1. The van der Waals surface area contributed by atoms with Gasteiger partial charge >= 0.3 is 5.97 Å². The van der Waals surface area contributed by atoms with Crippen LogP contribution in [-0.2, 0) is 16.1 Å². The van der Waals surface area contributed by atoms with Gasteiger partial charge in [0.05, 0.1) is 14.2 Å². The van der Waals surface area contributed by atoms with Crippen LogP contribution in [0.2, 0.25) is 0 Å². The Morgan fingerprint density at radius 2 is 2.06 bits per heavy atom. The molecular formula is C12H15NO3. The summed E-state index contributed by atoms with van der Waals surface area (Å²) in [6.45, 7) is 1.57. The monoisotopic (exact) mass is 221 g/mol. The van der Waals surface area contributed by atoms with Crippen molar-refractivity contribution in [1.29, 1.82) is 0 Å². The number of carbonyl (C=O) groups is 1. The highest BCUT2D eigenvalue weighted by Crippen LogP contribution is 2.23. The van der Waals surface area contributed by atoms with Crippen molar-refractivity contribution in [3.8, 4) is 5.75 Å². The van der Waals surface area contributed by atoms with Gasteiger partial charge in [-0.15, -0.1) is 0 Å². The lowest BCUT2D eigenvalue weighted by Gasteiger charge is -2.04. The molecule has 0 bridgehead atoms. The average molecular weight is 221 g/mol. The van der Waals surface area contributed by atoms with E-state index in [4.69, 9.17) is 4.74 Å². The maximum atomic E-state index is 11.2. The third-order valence-corrected chi connectivity index (χ3v) is 2.73. The first-order valence-corrected chi connectivity index (χ1v) is 5.19. The minimum absolute atomic E-state index is 0.0490. The molecule has 2 atom stereocenters. The van der Waals surface area contributed by atoms with Crippen LogP contribution in [0.15, 0.2) is 24.3 Å². The highest BCUT2D eigenvalue weighted by Gasteiger charge is 2.40. The predicted octanol–water partition coefficient (Wildman–Crippen LogP) is 1.05. The molecule has 0 aromatic heterocycles. The quantitative estimate of drug-likeness (QED) is 0.562. The summed E-state index contributed by atoms with van der Waals surface area (Å²) in [6, 6.07) is 7.81. The molecule has 1 unspecified atom stereocenters. The van der Waals surface area contributed by atoms with Gasteiger partial charge in [0, 0.05) is 13.1 Å². The number of rotatable bonds is 4. The molecule has 0 spiro atoms. The molecule has 1 fully saturated rings. The second kappa shape index (κ2) is 4.53. The fourth-order valence-electron chi connectivity index (χ4n) is 1.67. The first-order chi connectivity index (χ1) is 7.74. The Labute approximate surface area is 94.8 Å². The Morgan fingerprint density at radius 1 is 1.38 bits per heavy atom. The third-order valence-electron chi connectivity index (χ3n) is 2.73. The summed E-state index contributed by atoms with van der Waals surface area (Å²) in [4.78, 5) is 13.3. The summed E-state index contributed by atoms with van der Waals surface area (Å²) in [7, 11) is 3.07. The fraction of sp³-hybridized carbons (Fsp3) is 0.417. The summed E-state index contributed by atoms with van der Waals surface area (Å²) in [5, 5.41) is 0. The molecule has 0 saturated carbocycles. The van der Waals surface area contributed by atoms with E-state index in [9.17, 15) is 4.79 Å². The maximum absolute atomic E-state index is 11.2. The molecule has 1 aliphatic heterocycles. The number of benzene rings is 1. The zero-order valence-corrected chi connectivity index (χ0v) is 9.47. The number of hydrogen-bond acceptors (Lipinski definition) is 4. The predicted molar refractivity (Wildman–Crippen MR) is 59.2 cm³/mol. The normalized spacial score (nSPS) is 22.6. The first-order valence-electron chi connectivity index (χ1n) is 5.19. The van der Waals surface area contributed by atoms with Crippen LogP contribution in [0.5, 0.6) is 5.75 Å². The van der Waals surface area contributed by atoms with Gasteiger partial charge in [-0.25, -0.2) is 0 Å². The molecule has 2 rings (SSSR count). The molecule has 1 aromatic rings. The lowest BCUT2D eigenvalue weighted by Crippen LogP contribution is -2.14. The van der Waals surface area contributed by atoms with Crippen LogP contribution in [0.4, 0.5) is 0 Å². The minimum Gasteiger partial charge on any atom is -0.497 e. The van der Waals surface area contributed by atoms with Gasteiger partial charge < -0.3 is 9.47 Å². The summed E-state index contributed by atoms with van der Waals surface area (Å²) >= 11 is 0. The van der Waals surface area contributed by atoms with Crippen molar-refractivity contribution >= 4 is 5.97 Å². The number of carbonyl (C=O) groups excluding carboxylic acids is 1. The number of ether oxygens (including phenoxy) is 2. The van der Waals surface area contributed by atoms with E-state index in [-0.39, 0.29) is 12.0 Å². The SMILES string of the molecule is COC(=O)[C@H]1CN1Cc1ccc(OC)cc1. The molecule has 86 valence electrons. The molecule has 4 heteroatoms. The van der Waals surface area contributed by atoms with E-state index in [1.165, 1.54) is 12.7 Å². The molecule has 1 heterocycles. The largest absolute Gasteiger partial charge is 0.497 e. The van der Waals surface area contributed by atoms with E-state index in [0.717, 1.165) is 18.8 Å². The molecule has 0 amide bonds. The van der Waals surface area contributed by atoms with Gasteiger partial charge in [0.25, 0.3) is 0 Å². The first kappa shape index (κ1) is 11.0. The van der Waals surface area contributed by atoms with E-state index in [1.807, 2.05) is 24.3 Å². The summed E-state index contributed by atoms with van der Waals surface area (Å²) in [6.07, 6.45) is 0. The van der Waals surface area contributed by atoms with Gasteiger partial charge in [0.2, 0.25) is 0 Å². The molecule has 0 aliphatic carbocycles. The lowest BCUT2D eigenvalue weighted by molar-refractivity contribution is -0.140. The van der Waals surface area contributed by atoms with Crippen molar-refractivity contribution < 1.29 is 14.3 Å².